The smallest absolute Gasteiger partial charge is 0.242 e. The Morgan fingerprint density at radius 3 is 2.70 bits per heavy atom. The van der Waals surface area contributed by atoms with E-state index in [2.05, 4.69) is 26.1 Å². The van der Waals surface area contributed by atoms with Crippen molar-refractivity contribution < 1.29 is 9.59 Å². The molecule has 9 heteroatoms. The van der Waals surface area contributed by atoms with Crippen molar-refractivity contribution in [2.45, 2.75) is 31.2 Å². The second-order valence-electron chi connectivity index (χ2n) is 3.88. The summed E-state index contributed by atoms with van der Waals surface area (Å²) >= 11 is 2.71. The first-order chi connectivity index (χ1) is 9.56. The molecule has 0 saturated carbocycles. The Balaban J connectivity index is 2.33. The number of nitrogens with one attached hydrogen (secondary N) is 3. The van der Waals surface area contributed by atoms with Gasteiger partial charge in [-0.25, -0.2) is 0 Å². The van der Waals surface area contributed by atoms with Crippen LogP contribution in [0.2, 0.25) is 0 Å². The molecule has 1 atom stereocenters. The zero-order valence-corrected chi connectivity index (χ0v) is 13.4. The molecular formula is C11H19N5O2S2. The quantitative estimate of drug-likeness (QED) is 0.611. The molecule has 0 radical (unpaired) electrons. The molecule has 112 valence electrons. The highest BCUT2D eigenvalue weighted by Crippen LogP contribution is 2.24. The Hall–Kier alpha value is -1.35. The van der Waals surface area contributed by atoms with Gasteiger partial charge < -0.3 is 16.0 Å². The van der Waals surface area contributed by atoms with Gasteiger partial charge in [-0.15, -0.1) is 10.2 Å². The van der Waals surface area contributed by atoms with Gasteiger partial charge in [-0.2, -0.15) is 0 Å². The van der Waals surface area contributed by atoms with Gasteiger partial charge in [0.05, 0.1) is 5.75 Å². The number of carbonyl (C=O) groups excluding carboxylic acids is 2. The fraction of sp³-hybridized carbons (Fsp3) is 0.636. The standard InChI is InChI=1S/C11H19N5O2S2/c1-4-12-9(18)7(3)14-8(17)6-19-11-16-15-10(20-11)13-5-2/h7H,4-6H2,1-3H3,(H,12,18)(H,13,15)(H,14,17)/t7-/m1/s1. The van der Waals surface area contributed by atoms with Gasteiger partial charge >= 0.3 is 0 Å². The summed E-state index contributed by atoms with van der Waals surface area (Å²) < 4.78 is 0.724. The van der Waals surface area contributed by atoms with Gasteiger partial charge in [-0.1, -0.05) is 23.1 Å². The Kier molecular flexibility index (Phi) is 7.31. The molecule has 0 fully saturated rings. The lowest BCUT2D eigenvalue weighted by Crippen LogP contribution is -2.45. The molecule has 1 aromatic heterocycles. The first-order valence-corrected chi connectivity index (χ1v) is 8.14. The zero-order valence-electron chi connectivity index (χ0n) is 11.7. The van der Waals surface area contributed by atoms with E-state index in [0.717, 1.165) is 16.0 Å². The number of rotatable bonds is 8. The van der Waals surface area contributed by atoms with Crippen molar-refractivity contribution in [3.63, 3.8) is 0 Å². The number of thioether (sulfide) groups is 1. The van der Waals surface area contributed by atoms with Crippen molar-refractivity contribution >= 4 is 40.0 Å². The van der Waals surface area contributed by atoms with Crippen molar-refractivity contribution in [3.05, 3.63) is 0 Å². The lowest BCUT2D eigenvalue weighted by molar-refractivity contribution is -0.127. The molecule has 20 heavy (non-hydrogen) atoms. The van der Waals surface area contributed by atoms with Crippen molar-refractivity contribution in [1.29, 1.82) is 0 Å². The molecule has 0 aromatic carbocycles. The van der Waals surface area contributed by atoms with Crippen LogP contribution in [0, 0.1) is 0 Å². The summed E-state index contributed by atoms with van der Waals surface area (Å²) in [6.07, 6.45) is 0. The van der Waals surface area contributed by atoms with Crippen molar-refractivity contribution in [2.24, 2.45) is 0 Å². The molecule has 0 bridgehead atoms. The van der Waals surface area contributed by atoms with E-state index in [1.807, 2.05) is 13.8 Å². The van der Waals surface area contributed by atoms with Crippen LogP contribution < -0.4 is 16.0 Å². The van der Waals surface area contributed by atoms with E-state index in [4.69, 9.17) is 0 Å². The summed E-state index contributed by atoms with van der Waals surface area (Å²) in [5.74, 6) is -0.171. The lowest BCUT2D eigenvalue weighted by atomic mass is 10.3. The molecule has 0 unspecified atom stereocenters. The number of carbonyl (C=O) groups is 2. The molecule has 0 spiro atoms. The fourth-order valence-electron chi connectivity index (χ4n) is 1.29. The van der Waals surface area contributed by atoms with Gasteiger partial charge in [-0.05, 0) is 20.8 Å². The molecule has 1 heterocycles. The number of hydrogen-bond donors (Lipinski definition) is 3. The van der Waals surface area contributed by atoms with Gasteiger partial charge in [0.15, 0.2) is 4.34 Å². The minimum atomic E-state index is -0.533. The average Bonchev–Trinajstić information content (AvgIpc) is 2.85. The van der Waals surface area contributed by atoms with Crippen LogP contribution in [0.25, 0.3) is 0 Å². The van der Waals surface area contributed by atoms with Crippen LogP contribution in [0.4, 0.5) is 5.13 Å². The molecule has 1 aromatic rings. The van der Waals surface area contributed by atoms with Gasteiger partial charge in [0.25, 0.3) is 0 Å². The largest absolute Gasteiger partial charge is 0.360 e. The van der Waals surface area contributed by atoms with Gasteiger partial charge in [0.2, 0.25) is 16.9 Å². The number of anilines is 1. The maximum Gasteiger partial charge on any atom is 0.242 e. The molecule has 0 saturated heterocycles. The van der Waals surface area contributed by atoms with Crippen LogP contribution in [0.1, 0.15) is 20.8 Å². The Labute approximate surface area is 126 Å². The molecule has 0 aliphatic heterocycles. The Morgan fingerprint density at radius 2 is 2.05 bits per heavy atom. The molecule has 1 rings (SSSR count). The number of amides is 2. The average molecular weight is 317 g/mol. The fourth-order valence-corrected chi connectivity index (χ4v) is 2.93. The van der Waals surface area contributed by atoms with E-state index in [-0.39, 0.29) is 17.6 Å². The normalized spacial score (nSPS) is 11.8. The first kappa shape index (κ1) is 16.7. The topological polar surface area (TPSA) is 96.0 Å². The van der Waals surface area contributed by atoms with E-state index < -0.39 is 6.04 Å². The summed E-state index contributed by atoms with van der Waals surface area (Å²) in [6.45, 7) is 6.79. The number of hydrogen-bond acceptors (Lipinski definition) is 7. The summed E-state index contributed by atoms with van der Waals surface area (Å²) in [5.41, 5.74) is 0. The number of nitrogens with zero attached hydrogens (tertiary/aromatic N) is 2. The van der Waals surface area contributed by atoms with E-state index in [9.17, 15) is 9.59 Å². The van der Waals surface area contributed by atoms with Gasteiger partial charge in [0, 0.05) is 13.1 Å². The monoisotopic (exact) mass is 317 g/mol. The minimum absolute atomic E-state index is 0.184. The van der Waals surface area contributed by atoms with E-state index in [1.54, 1.807) is 6.92 Å². The summed E-state index contributed by atoms with van der Waals surface area (Å²) in [5, 5.41) is 17.0. The molecule has 0 aliphatic rings. The van der Waals surface area contributed by atoms with Crippen molar-refractivity contribution in [3.8, 4) is 0 Å². The van der Waals surface area contributed by atoms with Gasteiger partial charge in [0.1, 0.15) is 6.04 Å². The van der Waals surface area contributed by atoms with E-state index in [0.29, 0.717) is 6.54 Å². The maximum absolute atomic E-state index is 11.7. The van der Waals surface area contributed by atoms with Crippen LogP contribution >= 0.6 is 23.1 Å². The molecule has 7 nitrogen and oxygen atoms in total. The van der Waals surface area contributed by atoms with Crippen LogP contribution in [0.15, 0.2) is 4.34 Å². The SMILES string of the molecule is CCNC(=O)[C@@H](C)NC(=O)CSc1nnc(NCC)s1. The molecule has 2 amide bonds. The predicted octanol–water partition coefficient (Wildman–Crippen LogP) is 0.703. The van der Waals surface area contributed by atoms with E-state index in [1.165, 1.54) is 23.1 Å². The van der Waals surface area contributed by atoms with E-state index >= 15 is 0 Å². The highest BCUT2D eigenvalue weighted by Gasteiger charge is 2.15. The Bertz CT molecular complexity index is 452. The van der Waals surface area contributed by atoms with Gasteiger partial charge in [-0.3, -0.25) is 9.59 Å². The highest BCUT2D eigenvalue weighted by molar-refractivity contribution is 8.01. The maximum atomic E-state index is 11.7. The summed E-state index contributed by atoms with van der Waals surface area (Å²) in [7, 11) is 0. The first-order valence-electron chi connectivity index (χ1n) is 6.34. The van der Waals surface area contributed by atoms with Crippen molar-refractivity contribution in [1.82, 2.24) is 20.8 Å². The van der Waals surface area contributed by atoms with Crippen LogP contribution in [-0.2, 0) is 9.59 Å². The molecule has 3 N–H and O–H groups in total. The summed E-state index contributed by atoms with van der Waals surface area (Å²) in [4.78, 5) is 23.2. The van der Waals surface area contributed by atoms with Crippen LogP contribution in [0.3, 0.4) is 0 Å². The summed E-state index contributed by atoms with van der Waals surface area (Å²) in [6, 6.07) is -0.533. The number of aromatic nitrogens is 2. The van der Waals surface area contributed by atoms with Crippen molar-refractivity contribution in [2.75, 3.05) is 24.2 Å². The Morgan fingerprint density at radius 1 is 1.30 bits per heavy atom. The lowest BCUT2D eigenvalue weighted by Gasteiger charge is -2.12. The second kappa shape index (κ2) is 8.75. The minimum Gasteiger partial charge on any atom is -0.360 e. The third kappa shape index (κ3) is 5.74. The highest BCUT2D eigenvalue weighted by atomic mass is 32.2. The van der Waals surface area contributed by atoms with Crippen LogP contribution in [0.5, 0.6) is 0 Å². The molecular weight excluding hydrogens is 298 g/mol. The number of likely N-dealkylation sites (N-methyl/N-ethyl adjacent to an activating group) is 1. The van der Waals surface area contributed by atoms with Crippen LogP contribution in [-0.4, -0.2) is 46.9 Å². The second-order valence-corrected chi connectivity index (χ2v) is 6.08. The zero-order chi connectivity index (χ0) is 15.0. The third-order valence-corrected chi connectivity index (χ3v) is 4.20. The molecule has 0 aliphatic carbocycles. The predicted molar refractivity (Wildman–Crippen MR) is 81.1 cm³/mol. The third-order valence-electron chi connectivity index (χ3n) is 2.18.